The SMILES string of the molecule is NC(=S)c1c(Cl)cccc1NCc1ccccc1F. The van der Waals surface area contributed by atoms with Crippen molar-refractivity contribution < 1.29 is 4.39 Å². The Morgan fingerprint density at radius 1 is 1.21 bits per heavy atom. The van der Waals surface area contributed by atoms with Gasteiger partial charge in [-0.2, -0.15) is 0 Å². The predicted octanol–water partition coefficient (Wildman–Crippen LogP) is 3.73. The normalized spacial score (nSPS) is 10.2. The first-order chi connectivity index (χ1) is 9.09. The van der Waals surface area contributed by atoms with Crippen LogP contribution in [0, 0.1) is 5.82 Å². The number of hydrogen-bond donors (Lipinski definition) is 2. The van der Waals surface area contributed by atoms with Gasteiger partial charge < -0.3 is 11.1 Å². The van der Waals surface area contributed by atoms with E-state index in [-0.39, 0.29) is 10.8 Å². The van der Waals surface area contributed by atoms with E-state index in [2.05, 4.69) is 5.32 Å². The van der Waals surface area contributed by atoms with Crippen molar-refractivity contribution in [2.45, 2.75) is 6.54 Å². The average molecular weight is 295 g/mol. The molecule has 0 aliphatic heterocycles. The van der Waals surface area contributed by atoms with Gasteiger partial charge in [0.05, 0.1) is 10.6 Å². The molecule has 0 fully saturated rings. The highest BCUT2D eigenvalue weighted by Gasteiger charge is 2.10. The summed E-state index contributed by atoms with van der Waals surface area (Å²) in [6.07, 6.45) is 0. The lowest BCUT2D eigenvalue weighted by molar-refractivity contribution is 0.613. The van der Waals surface area contributed by atoms with Crippen molar-refractivity contribution in [2.75, 3.05) is 5.32 Å². The maximum atomic E-state index is 13.5. The molecular weight excluding hydrogens is 283 g/mol. The minimum atomic E-state index is -0.256. The smallest absolute Gasteiger partial charge is 0.128 e. The lowest BCUT2D eigenvalue weighted by Crippen LogP contribution is -2.14. The summed E-state index contributed by atoms with van der Waals surface area (Å²) in [5.41, 5.74) is 7.49. The number of halogens is 2. The Labute approximate surface area is 121 Å². The van der Waals surface area contributed by atoms with E-state index in [4.69, 9.17) is 29.6 Å². The molecule has 0 saturated heterocycles. The van der Waals surface area contributed by atoms with Crippen molar-refractivity contribution >= 4 is 34.5 Å². The first-order valence-electron chi connectivity index (χ1n) is 5.65. The van der Waals surface area contributed by atoms with Gasteiger partial charge in [0.25, 0.3) is 0 Å². The van der Waals surface area contributed by atoms with Gasteiger partial charge >= 0.3 is 0 Å². The van der Waals surface area contributed by atoms with Crippen LogP contribution in [0.1, 0.15) is 11.1 Å². The lowest BCUT2D eigenvalue weighted by atomic mass is 10.1. The summed E-state index contributed by atoms with van der Waals surface area (Å²) in [6.45, 7) is 0.336. The van der Waals surface area contributed by atoms with E-state index in [1.54, 1.807) is 36.4 Å². The third kappa shape index (κ3) is 3.22. The first kappa shape index (κ1) is 13.8. The fourth-order valence-electron chi connectivity index (χ4n) is 1.75. The Balaban J connectivity index is 2.23. The van der Waals surface area contributed by atoms with E-state index in [1.165, 1.54) is 6.07 Å². The van der Waals surface area contributed by atoms with Gasteiger partial charge in [0.15, 0.2) is 0 Å². The van der Waals surface area contributed by atoms with Gasteiger partial charge in [0, 0.05) is 17.8 Å². The topological polar surface area (TPSA) is 38.0 Å². The molecule has 0 aromatic heterocycles. The van der Waals surface area contributed by atoms with E-state index >= 15 is 0 Å². The molecule has 5 heteroatoms. The van der Waals surface area contributed by atoms with E-state index in [9.17, 15) is 4.39 Å². The second-order valence-corrected chi connectivity index (χ2v) is 4.82. The third-order valence-corrected chi connectivity index (χ3v) is 3.21. The fourth-order valence-corrected chi connectivity index (χ4v) is 2.31. The highest BCUT2D eigenvalue weighted by Crippen LogP contribution is 2.24. The summed E-state index contributed by atoms with van der Waals surface area (Å²) in [4.78, 5) is 0.210. The molecule has 98 valence electrons. The summed E-state index contributed by atoms with van der Waals surface area (Å²) in [7, 11) is 0. The van der Waals surface area contributed by atoms with Crippen molar-refractivity contribution in [3.05, 3.63) is 64.4 Å². The molecule has 0 saturated carbocycles. The van der Waals surface area contributed by atoms with Gasteiger partial charge in [-0.1, -0.05) is 48.1 Å². The second-order valence-electron chi connectivity index (χ2n) is 3.97. The standard InChI is InChI=1S/C14H12ClFN2S/c15-10-5-3-7-12(13(10)14(17)19)18-8-9-4-1-2-6-11(9)16/h1-7,18H,8H2,(H2,17,19). The summed E-state index contributed by atoms with van der Waals surface area (Å²) in [5, 5.41) is 3.58. The van der Waals surface area contributed by atoms with Crippen molar-refractivity contribution in [1.29, 1.82) is 0 Å². The maximum Gasteiger partial charge on any atom is 0.128 e. The molecule has 0 aliphatic rings. The molecule has 3 N–H and O–H groups in total. The van der Waals surface area contributed by atoms with E-state index in [0.717, 1.165) is 0 Å². The number of nitrogens with one attached hydrogen (secondary N) is 1. The Hall–Kier alpha value is -1.65. The minimum Gasteiger partial charge on any atom is -0.389 e. The van der Waals surface area contributed by atoms with Crippen LogP contribution in [0.2, 0.25) is 5.02 Å². The zero-order valence-corrected chi connectivity index (χ0v) is 11.6. The molecule has 0 bridgehead atoms. The molecule has 2 nitrogen and oxygen atoms in total. The molecule has 0 heterocycles. The van der Waals surface area contributed by atoms with Crippen LogP contribution in [-0.2, 0) is 6.54 Å². The van der Waals surface area contributed by atoms with Gasteiger partial charge in [0.2, 0.25) is 0 Å². The molecule has 2 aromatic carbocycles. The molecule has 0 unspecified atom stereocenters. The van der Waals surface area contributed by atoms with Crippen LogP contribution >= 0.6 is 23.8 Å². The van der Waals surface area contributed by atoms with E-state index in [0.29, 0.717) is 28.4 Å². The summed E-state index contributed by atoms with van der Waals surface area (Å²) < 4.78 is 13.5. The number of hydrogen-bond acceptors (Lipinski definition) is 2. The van der Waals surface area contributed by atoms with Crippen LogP contribution in [0.5, 0.6) is 0 Å². The Morgan fingerprint density at radius 3 is 2.63 bits per heavy atom. The maximum absolute atomic E-state index is 13.5. The number of anilines is 1. The van der Waals surface area contributed by atoms with Gasteiger partial charge in [-0.3, -0.25) is 0 Å². The van der Waals surface area contributed by atoms with Crippen molar-refractivity contribution in [1.82, 2.24) is 0 Å². The van der Waals surface area contributed by atoms with Gasteiger partial charge in [-0.15, -0.1) is 0 Å². The fraction of sp³-hybridized carbons (Fsp3) is 0.0714. The number of rotatable bonds is 4. The highest BCUT2D eigenvalue weighted by atomic mass is 35.5. The molecule has 0 radical (unpaired) electrons. The number of nitrogens with two attached hydrogens (primary N) is 1. The minimum absolute atomic E-state index is 0.210. The number of thiocarbonyl (C=S) groups is 1. The Morgan fingerprint density at radius 2 is 1.95 bits per heavy atom. The van der Waals surface area contributed by atoms with Crippen LogP contribution in [0.15, 0.2) is 42.5 Å². The van der Waals surface area contributed by atoms with Crippen LogP contribution in [0.3, 0.4) is 0 Å². The third-order valence-electron chi connectivity index (χ3n) is 2.69. The molecular formula is C14H12ClFN2S. The van der Waals surface area contributed by atoms with Crippen LogP contribution in [-0.4, -0.2) is 4.99 Å². The summed E-state index contributed by atoms with van der Waals surface area (Å²) in [5.74, 6) is -0.256. The average Bonchev–Trinajstić information content (AvgIpc) is 2.37. The summed E-state index contributed by atoms with van der Waals surface area (Å²) >= 11 is 11.0. The Bertz CT molecular complexity index is 616. The molecule has 19 heavy (non-hydrogen) atoms. The van der Waals surface area contributed by atoms with Gasteiger partial charge in [0.1, 0.15) is 10.8 Å². The molecule has 0 amide bonds. The molecule has 0 atom stereocenters. The van der Waals surface area contributed by atoms with Crippen molar-refractivity contribution in [3.8, 4) is 0 Å². The first-order valence-corrected chi connectivity index (χ1v) is 6.44. The molecule has 0 spiro atoms. The number of benzene rings is 2. The van der Waals surface area contributed by atoms with E-state index < -0.39 is 0 Å². The van der Waals surface area contributed by atoms with Crippen LogP contribution in [0.4, 0.5) is 10.1 Å². The molecule has 2 aromatic rings. The van der Waals surface area contributed by atoms with Crippen molar-refractivity contribution in [3.63, 3.8) is 0 Å². The lowest BCUT2D eigenvalue weighted by Gasteiger charge is -2.13. The monoisotopic (exact) mass is 294 g/mol. The van der Waals surface area contributed by atoms with Gasteiger partial charge in [-0.05, 0) is 18.2 Å². The zero-order chi connectivity index (χ0) is 13.8. The second kappa shape index (κ2) is 5.99. The Kier molecular flexibility index (Phi) is 4.35. The molecule has 0 aliphatic carbocycles. The van der Waals surface area contributed by atoms with Gasteiger partial charge in [-0.25, -0.2) is 4.39 Å². The molecule has 2 rings (SSSR count). The quantitative estimate of drug-likeness (QED) is 0.844. The zero-order valence-electron chi connectivity index (χ0n) is 9.99. The van der Waals surface area contributed by atoms with Crippen LogP contribution in [0.25, 0.3) is 0 Å². The predicted molar refractivity (Wildman–Crippen MR) is 81.1 cm³/mol. The highest BCUT2D eigenvalue weighted by molar-refractivity contribution is 7.80. The van der Waals surface area contributed by atoms with Crippen molar-refractivity contribution in [2.24, 2.45) is 5.73 Å². The van der Waals surface area contributed by atoms with E-state index in [1.807, 2.05) is 0 Å². The largest absolute Gasteiger partial charge is 0.389 e. The van der Waals surface area contributed by atoms with Crippen LogP contribution < -0.4 is 11.1 Å². The summed E-state index contributed by atoms with van der Waals surface area (Å²) in [6, 6.07) is 11.9.